The quantitative estimate of drug-likeness (QED) is 0.0622. The first-order chi connectivity index (χ1) is 19.0. The third-order valence-corrected chi connectivity index (χ3v) is 7.13. The van der Waals surface area contributed by atoms with E-state index in [2.05, 4.69) is 23.8 Å². The van der Waals surface area contributed by atoms with Crippen LogP contribution < -0.4 is 10.6 Å². The van der Waals surface area contributed by atoms with Crippen LogP contribution in [0.25, 0.3) is 0 Å². The molecule has 0 radical (unpaired) electrons. The molecule has 0 aromatic rings. The van der Waals surface area contributed by atoms with E-state index in [-0.39, 0.29) is 24.3 Å². The minimum Gasteiger partial charge on any atom is -0.481 e. The summed E-state index contributed by atoms with van der Waals surface area (Å²) >= 11 is 0. The van der Waals surface area contributed by atoms with Gasteiger partial charge in [0.2, 0.25) is 11.8 Å². The van der Waals surface area contributed by atoms with Gasteiger partial charge < -0.3 is 20.8 Å². The van der Waals surface area contributed by atoms with Gasteiger partial charge in [0.25, 0.3) is 0 Å². The molecule has 0 aromatic heterocycles. The lowest BCUT2D eigenvalue weighted by Gasteiger charge is -2.20. The molecular weight excluding hydrogens is 508 g/mol. The smallest absolute Gasteiger partial charge is 0.326 e. The molecule has 0 aromatic carbocycles. The number of rotatable bonds is 27. The first-order valence-corrected chi connectivity index (χ1v) is 15.4. The van der Waals surface area contributed by atoms with Crippen LogP contribution in [0.15, 0.2) is 24.3 Å². The monoisotopic (exact) mass is 564 g/mol. The zero-order chi connectivity index (χ0) is 30.2. The molecule has 2 unspecified atom stereocenters. The van der Waals surface area contributed by atoms with E-state index >= 15 is 0 Å². The molecule has 8 nitrogen and oxygen atoms in total. The second kappa shape index (κ2) is 24.2. The number of carboxylic acids is 2. The van der Waals surface area contributed by atoms with Gasteiger partial charge in [0.05, 0.1) is 0 Å². The highest BCUT2D eigenvalue weighted by Gasteiger charge is 2.21. The molecule has 0 saturated heterocycles. The van der Waals surface area contributed by atoms with Crippen LogP contribution in [0.3, 0.4) is 0 Å². The molecule has 8 heteroatoms. The molecule has 0 aliphatic carbocycles. The Hall–Kier alpha value is -2.64. The van der Waals surface area contributed by atoms with E-state index in [0.717, 1.165) is 49.7 Å². The van der Waals surface area contributed by atoms with E-state index in [9.17, 15) is 24.3 Å². The average molecular weight is 565 g/mol. The molecule has 40 heavy (non-hydrogen) atoms. The van der Waals surface area contributed by atoms with Gasteiger partial charge in [-0.3, -0.25) is 14.4 Å². The Kier molecular flexibility index (Phi) is 22.6. The van der Waals surface area contributed by atoms with Crippen LogP contribution in [-0.2, 0) is 19.2 Å². The van der Waals surface area contributed by atoms with E-state index in [4.69, 9.17) is 5.11 Å². The van der Waals surface area contributed by atoms with Gasteiger partial charge in [-0.25, -0.2) is 4.79 Å². The van der Waals surface area contributed by atoms with Crippen molar-refractivity contribution in [3.8, 4) is 0 Å². The van der Waals surface area contributed by atoms with Crippen LogP contribution in [0.4, 0.5) is 0 Å². The SMILES string of the molecule is C=C(C)CCC(NC(=O)CCC(NC(=O)CCCCCCCCCCCCCCCCC(=O)O)C(=C)C)C(=O)O. The Balaban J connectivity index is 3.87. The standard InChI is InChI=1S/C32H56N2O6/c1-25(2)21-22-28(32(39)40)34-30(36)24-23-27(26(3)4)33-29(35)19-17-15-13-11-9-7-5-6-8-10-12-14-16-18-20-31(37)38/h27-28H,1,3,5-24H2,2,4H3,(H,33,35)(H,34,36)(H,37,38)(H,39,40). The summed E-state index contributed by atoms with van der Waals surface area (Å²) in [5, 5.41) is 23.5. The summed E-state index contributed by atoms with van der Waals surface area (Å²) in [6.07, 6.45) is 18.0. The van der Waals surface area contributed by atoms with Crippen LogP contribution in [-0.4, -0.2) is 46.0 Å². The van der Waals surface area contributed by atoms with Crippen LogP contribution in [0.2, 0.25) is 0 Å². The number of aliphatic carboxylic acids is 2. The maximum absolute atomic E-state index is 12.4. The largest absolute Gasteiger partial charge is 0.481 e. The maximum Gasteiger partial charge on any atom is 0.326 e. The summed E-state index contributed by atoms with van der Waals surface area (Å²) in [7, 11) is 0. The van der Waals surface area contributed by atoms with Gasteiger partial charge in [-0.05, 0) is 46.0 Å². The topological polar surface area (TPSA) is 133 Å². The Morgan fingerprint density at radius 3 is 1.32 bits per heavy atom. The van der Waals surface area contributed by atoms with E-state index in [1.807, 2.05) is 13.8 Å². The third kappa shape index (κ3) is 23.3. The summed E-state index contributed by atoms with van der Waals surface area (Å²) in [6, 6.07) is -1.25. The van der Waals surface area contributed by atoms with Crippen molar-refractivity contribution in [2.75, 3.05) is 0 Å². The number of nitrogens with one attached hydrogen (secondary N) is 2. The van der Waals surface area contributed by atoms with Crippen molar-refractivity contribution in [1.82, 2.24) is 10.6 Å². The van der Waals surface area contributed by atoms with E-state index < -0.39 is 18.0 Å². The summed E-state index contributed by atoms with van der Waals surface area (Å²) in [6.45, 7) is 11.4. The van der Waals surface area contributed by atoms with Crippen LogP contribution in [0.5, 0.6) is 0 Å². The van der Waals surface area contributed by atoms with Gasteiger partial charge in [0.1, 0.15) is 6.04 Å². The number of amides is 2. The van der Waals surface area contributed by atoms with Crippen molar-refractivity contribution in [2.24, 2.45) is 0 Å². The van der Waals surface area contributed by atoms with Gasteiger partial charge in [0, 0.05) is 25.3 Å². The predicted octanol–water partition coefficient (Wildman–Crippen LogP) is 7.08. The van der Waals surface area contributed by atoms with Crippen molar-refractivity contribution < 1.29 is 29.4 Å². The third-order valence-electron chi connectivity index (χ3n) is 7.13. The molecule has 0 aliphatic heterocycles. The second-order valence-corrected chi connectivity index (χ2v) is 11.3. The van der Waals surface area contributed by atoms with E-state index in [0.29, 0.717) is 32.1 Å². The molecule has 230 valence electrons. The predicted molar refractivity (Wildman–Crippen MR) is 161 cm³/mol. The van der Waals surface area contributed by atoms with Crippen LogP contribution in [0.1, 0.15) is 142 Å². The van der Waals surface area contributed by atoms with E-state index in [1.165, 1.54) is 51.4 Å². The molecule has 0 heterocycles. The Labute approximate surface area is 242 Å². The summed E-state index contributed by atoms with van der Waals surface area (Å²) in [5.41, 5.74) is 1.64. The Morgan fingerprint density at radius 1 is 0.550 bits per heavy atom. The molecule has 0 bridgehead atoms. The molecule has 0 aliphatic rings. The molecule has 0 spiro atoms. The van der Waals surface area contributed by atoms with Gasteiger partial charge in [0.15, 0.2) is 0 Å². The summed E-state index contributed by atoms with van der Waals surface area (Å²) in [4.78, 5) is 46.6. The van der Waals surface area contributed by atoms with Crippen molar-refractivity contribution in [1.29, 1.82) is 0 Å². The molecule has 2 amide bonds. The maximum atomic E-state index is 12.4. The van der Waals surface area contributed by atoms with Crippen molar-refractivity contribution in [3.05, 3.63) is 24.3 Å². The lowest BCUT2D eigenvalue weighted by molar-refractivity contribution is -0.142. The van der Waals surface area contributed by atoms with Crippen molar-refractivity contribution in [2.45, 2.75) is 154 Å². The van der Waals surface area contributed by atoms with Crippen molar-refractivity contribution >= 4 is 23.8 Å². The fourth-order valence-corrected chi connectivity index (χ4v) is 4.58. The minimum absolute atomic E-state index is 0.0415. The zero-order valence-corrected chi connectivity index (χ0v) is 25.2. The molecule has 0 saturated carbocycles. The Morgan fingerprint density at radius 2 is 0.925 bits per heavy atom. The van der Waals surface area contributed by atoms with Crippen molar-refractivity contribution in [3.63, 3.8) is 0 Å². The second-order valence-electron chi connectivity index (χ2n) is 11.3. The van der Waals surface area contributed by atoms with E-state index in [1.54, 1.807) is 0 Å². The summed E-state index contributed by atoms with van der Waals surface area (Å²) in [5.74, 6) is -2.15. The molecular formula is C32H56N2O6. The summed E-state index contributed by atoms with van der Waals surface area (Å²) < 4.78 is 0. The van der Waals surface area contributed by atoms with Crippen LogP contribution >= 0.6 is 0 Å². The number of carboxylic acid groups (broad SMARTS) is 2. The molecule has 0 rings (SSSR count). The normalized spacial score (nSPS) is 12.3. The first-order valence-electron chi connectivity index (χ1n) is 15.4. The fourth-order valence-electron chi connectivity index (χ4n) is 4.58. The fraction of sp³-hybridized carbons (Fsp3) is 0.750. The average Bonchev–Trinajstić information content (AvgIpc) is 2.87. The van der Waals surface area contributed by atoms with Gasteiger partial charge in [-0.15, -0.1) is 6.58 Å². The molecule has 2 atom stereocenters. The number of hydrogen-bond acceptors (Lipinski definition) is 4. The molecule has 0 fully saturated rings. The number of allylic oxidation sites excluding steroid dienone is 1. The highest BCUT2D eigenvalue weighted by atomic mass is 16.4. The van der Waals surface area contributed by atoms with Crippen LogP contribution in [0, 0.1) is 0 Å². The Bertz CT molecular complexity index is 779. The number of carbonyl (C=O) groups excluding carboxylic acids is 2. The number of hydrogen-bond donors (Lipinski definition) is 4. The minimum atomic E-state index is -1.06. The zero-order valence-electron chi connectivity index (χ0n) is 25.2. The van der Waals surface area contributed by atoms with Gasteiger partial charge in [-0.2, -0.15) is 0 Å². The van der Waals surface area contributed by atoms with Gasteiger partial charge in [-0.1, -0.05) is 94.8 Å². The first kappa shape index (κ1) is 37.4. The number of carbonyl (C=O) groups is 4. The highest BCUT2D eigenvalue weighted by Crippen LogP contribution is 2.14. The van der Waals surface area contributed by atoms with Gasteiger partial charge >= 0.3 is 11.9 Å². The lowest BCUT2D eigenvalue weighted by atomic mass is 10.0. The highest BCUT2D eigenvalue weighted by molar-refractivity contribution is 5.83. The lowest BCUT2D eigenvalue weighted by Crippen LogP contribution is -2.42. The molecule has 4 N–H and O–H groups in total. The number of unbranched alkanes of at least 4 members (excludes halogenated alkanes) is 13.